The van der Waals surface area contributed by atoms with E-state index in [-0.39, 0.29) is 18.1 Å². The van der Waals surface area contributed by atoms with E-state index in [2.05, 4.69) is 20.7 Å². The summed E-state index contributed by atoms with van der Waals surface area (Å²) < 4.78 is 10.3. The van der Waals surface area contributed by atoms with Gasteiger partial charge in [0.2, 0.25) is 0 Å². The van der Waals surface area contributed by atoms with Gasteiger partial charge in [0.05, 0.1) is 12.3 Å². The van der Waals surface area contributed by atoms with Crippen LogP contribution in [-0.4, -0.2) is 61.5 Å². The summed E-state index contributed by atoms with van der Waals surface area (Å²) in [5.74, 6) is 0.822. The maximum Gasteiger partial charge on any atom is 0.315 e. The molecule has 0 bridgehead atoms. The Labute approximate surface area is 144 Å². The van der Waals surface area contributed by atoms with Gasteiger partial charge in [0.1, 0.15) is 5.76 Å². The third-order valence-corrected chi connectivity index (χ3v) is 4.52. The first kappa shape index (κ1) is 18.7. The van der Waals surface area contributed by atoms with E-state index in [1.807, 2.05) is 20.8 Å². The van der Waals surface area contributed by atoms with Crippen molar-refractivity contribution in [3.05, 3.63) is 17.0 Å². The highest BCUT2D eigenvalue weighted by molar-refractivity contribution is 5.74. The summed E-state index contributed by atoms with van der Waals surface area (Å²) >= 11 is 0. The number of hydrogen-bond donors (Lipinski definition) is 2. The molecule has 0 aromatic carbocycles. The second-order valence-electron chi connectivity index (χ2n) is 6.66. The lowest BCUT2D eigenvalue weighted by atomic mass is 10.1. The summed E-state index contributed by atoms with van der Waals surface area (Å²) in [6.45, 7) is 9.43. The van der Waals surface area contributed by atoms with Crippen LogP contribution in [0.4, 0.5) is 4.79 Å². The molecule has 2 heterocycles. The van der Waals surface area contributed by atoms with Gasteiger partial charge in [-0.1, -0.05) is 5.16 Å². The van der Waals surface area contributed by atoms with E-state index >= 15 is 0 Å². The standard InChI is InChI=1S/C17H30N4O3/c1-12(10-16-13(2)20-24-14(16)3)18-17(22)19-15-6-5-7-21(11-15)8-9-23-4/h12,15H,5-11H2,1-4H3,(H2,18,19,22). The number of ether oxygens (including phenoxy) is 1. The van der Waals surface area contributed by atoms with Crippen LogP contribution in [-0.2, 0) is 11.2 Å². The number of carbonyl (C=O) groups is 1. The van der Waals surface area contributed by atoms with Crippen molar-refractivity contribution in [2.75, 3.05) is 33.4 Å². The van der Waals surface area contributed by atoms with Crippen LogP contribution in [0.25, 0.3) is 0 Å². The first-order valence-corrected chi connectivity index (χ1v) is 8.69. The third kappa shape index (κ3) is 5.49. The molecule has 0 aliphatic carbocycles. The minimum Gasteiger partial charge on any atom is -0.383 e. The van der Waals surface area contributed by atoms with Crippen molar-refractivity contribution in [1.29, 1.82) is 0 Å². The minimum absolute atomic E-state index is 0.0231. The molecule has 2 unspecified atom stereocenters. The number of hydrogen-bond acceptors (Lipinski definition) is 5. The van der Waals surface area contributed by atoms with Crippen LogP contribution in [0.5, 0.6) is 0 Å². The summed E-state index contributed by atoms with van der Waals surface area (Å²) in [5, 5.41) is 10.1. The Bertz CT molecular complexity index is 512. The van der Waals surface area contributed by atoms with Crippen LogP contribution < -0.4 is 10.6 Å². The first-order chi connectivity index (χ1) is 11.5. The van der Waals surface area contributed by atoms with Gasteiger partial charge in [-0.2, -0.15) is 0 Å². The Hall–Kier alpha value is -1.60. The van der Waals surface area contributed by atoms with Crippen LogP contribution in [0.1, 0.15) is 36.8 Å². The molecule has 1 saturated heterocycles. The molecule has 136 valence electrons. The van der Waals surface area contributed by atoms with E-state index in [1.165, 1.54) is 0 Å². The highest BCUT2D eigenvalue weighted by atomic mass is 16.5. The fourth-order valence-electron chi connectivity index (χ4n) is 3.20. The zero-order chi connectivity index (χ0) is 17.5. The van der Waals surface area contributed by atoms with Crippen molar-refractivity contribution in [3.63, 3.8) is 0 Å². The van der Waals surface area contributed by atoms with Gasteiger partial charge in [0, 0.05) is 37.8 Å². The maximum absolute atomic E-state index is 12.2. The smallest absolute Gasteiger partial charge is 0.315 e. The zero-order valence-corrected chi connectivity index (χ0v) is 15.2. The number of piperidine rings is 1. The molecule has 7 heteroatoms. The molecule has 2 amide bonds. The van der Waals surface area contributed by atoms with Gasteiger partial charge >= 0.3 is 6.03 Å². The van der Waals surface area contributed by atoms with Crippen LogP contribution in [0.3, 0.4) is 0 Å². The van der Waals surface area contributed by atoms with E-state index in [0.717, 1.165) is 62.5 Å². The number of amides is 2. The van der Waals surface area contributed by atoms with Crippen molar-refractivity contribution in [2.24, 2.45) is 0 Å². The van der Waals surface area contributed by atoms with Crippen LogP contribution >= 0.6 is 0 Å². The number of carbonyl (C=O) groups excluding carboxylic acids is 1. The number of methoxy groups -OCH3 is 1. The molecule has 0 radical (unpaired) electrons. The molecule has 24 heavy (non-hydrogen) atoms. The molecule has 7 nitrogen and oxygen atoms in total. The molecule has 1 aromatic heterocycles. The maximum atomic E-state index is 12.2. The molecule has 2 rings (SSSR count). The van der Waals surface area contributed by atoms with Crippen molar-refractivity contribution in [1.82, 2.24) is 20.7 Å². The summed E-state index contributed by atoms with van der Waals surface area (Å²) in [4.78, 5) is 14.6. The van der Waals surface area contributed by atoms with E-state index in [0.29, 0.717) is 0 Å². The highest BCUT2D eigenvalue weighted by Crippen LogP contribution is 2.14. The molecule has 1 fully saturated rings. The van der Waals surface area contributed by atoms with Gasteiger partial charge in [0.15, 0.2) is 0 Å². The predicted molar refractivity (Wildman–Crippen MR) is 92.1 cm³/mol. The van der Waals surface area contributed by atoms with Gasteiger partial charge in [-0.25, -0.2) is 4.79 Å². The molecule has 2 N–H and O–H groups in total. The molecular weight excluding hydrogens is 308 g/mol. The van der Waals surface area contributed by atoms with Gasteiger partial charge in [-0.3, -0.25) is 4.90 Å². The third-order valence-electron chi connectivity index (χ3n) is 4.52. The van der Waals surface area contributed by atoms with Gasteiger partial charge < -0.3 is 19.9 Å². The quantitative estimate of drug-likeness (QED) is 0.790. The predicted octanol–water partition coefficient (Wildman–Crippen LogP) is 1.63. The number of rotatable bonds is 7. The van der Waals surface area contributed by atoms with Gasteiger partial charge in [-0.05, 0) is 46.6 Å². The lowest BCUT2D eigenvalue weighted by Crippen LogP contribution is -2.52. The summed E-state index contributed by atoms with van der Waals surface area (Å²) in [6, 6.07) is 0.115. The molecule has 0 spiro atoms. The number of aromatic nitrogens is 1. The molecule has 1 aromatic rings. The lowest BCUT2D eigenvalue weighted by molar-refractivity contribution is 0.123. The SMILES string of the molecule is COCCN1CCCC(NC(=O)NC(C)Cc2c(C)noc2C)C1. The van der Waals surface area contributed by atoms with Crippen LogP contribution in [0.15, 0.2) is 4.52 Å². The average Bonchev–Trinajstić information content (AvgIpc) is 2.85. The molecule has 0 saturated carbocycles. The van der Waals surface area contributed by atoms with Crippen LogP contribution in [0.2, 0.25) is 0 Å². The average molecular weight is 338 g/mol. The van der Waals surface area contributed by atoms with Crippen molar-refractivity contribution in [2.45, 2.75) is 52.1 Å². The van der Waals surface area contributed by atoms with Crippen LogP contribution in [0, 0.1) is 13.8 Å². The topological polar surface area (TPSA) is 79.6 Å². The van der Waals surface area contributed by atoms with Crippen molar-refractivity contribution >= 4 is 6.03 Å². The Kier molecular flexibility index (Phi) is 7.05. The number of nitrogens with one attached hydrogen (secondary N) is 2. The zero-order valence-electron chi connectivity index (χ0n) is 15.2. The van der Waals surface area contributed by atoms with E-state index in [1.54, 1.807) is 7.11 Å². The summed E-state index contributed by atoms with van der Waals surface area (Å²) in [7, 11) is 1.72. The molecule has 1 aliphatic rings. The van der Waals surface area contributed by atoms with E-state index in [4.69, 9.17) is 9.26 Å². The molecule has 2 atom stereocenters. The lowest BCUT2D eigenvalue weighted by Gasteiger charge is -2.33. The monoisotopic (exact) mass is 338 g/mol. The Morgan fingerprint density at radius 1 is 1.50 bits per heavy atom. The Morgan fingerprint density at radius 3 is 2.96 bits per heavy atom. The number of aryl methyl sites for hydroxylation is 2. The molecule has 1 aliphatic heterocycles. The normalized spacial score (nSPS) is 19.9. The second kappa shape index (κ2) is 9.03. The van der Waals surface area contributed by atoms with Crippen molar-refractivity contribution in [3.8, 4) is 0 Å². The highest BCUT2D eigenvalue weighted by Gasteiger charge is 2.22. The Morgan fingerprint density at radius 2 is 2.29 bits per heavy atom. The largest absolute Gasteiger partial charge is 0.383 e. The summed E-state index contributed by atoms with van der Waals surface area (Å²) in [6.07, 6.45) is 2.84. The first-order valence-electron chi connectivity index (χ1n) is 8.69. The minimum atomic E-state index is -0.104. The number of urea groups is 1. The second-order valence-corrected chi connectivity index (χ2v) is 6.66. The molecular formula is C17H30N4O3. The van der Waals surface area contributed by atoms with Gasteiger partial charge in [0.25, 0.3) is 0 Å². The van der Waals surface area contributed by atoms with Crippen molar-refractivity contribution < 1.29 is 14.1 Å². The fraction of sp³-hybridized carbons (Fsp3) is 0.765. The van der Waals surface area contributed by atoms with E-state index in [9.17, 15) is 4.79 Å². The number of nitrogens with zero attached hydrogens (tertiary/aromatic N) is 2. The number of likely N-dealkylation sites (tertiary alicyclic amines) is 1. The Balaban J connectivity index is 1.76. The fourth-order valence-corrected chi connectivity index (χ4v) is 3.20. The van der Waals surface area contributed by atoms with E-state index < -0.39 is 0 Å². The van der Waals surface area contributed by atoms with Gasteiger partial charge in [-0.15, -0.1) is 0 Å². The summed E-state index contributed by atoms with van der Waals surface area (Å²) in [5.41, 5.74) is 1.97.